The van der Waals surface area contributed by atoms with Gasteiger partial charge in [0.05, 0.1) is 12.3 Å². The number of nitrogens with two attached hydrogens (primary N) is 1. The third-order valence-corrected chi connectivity index (χ3v) is 3.22. The smallest absolute Gasteiger partial charge is 0.182 e. The molecule has 0 saturated heterocycles. The van der Waals surface area contributed by atoms with Crippen LogP contribution in [0.25, 0.3) is 17.0 Å². The summed E-state index contributed by atoms with van der Waals surface area (Å²) in [4.78, 5) is 4.53. The minimum Gasteiger partial charge on any atom is -0.491 e. The van der Waals surface area contributed by atoms with Crippen LogP contribution < -0.4 is 10.5 Å². The van der Waals surface area contributed by atoms with Gasteiger partial charge in [-0.05, 0) is 49.2 Å². The van der Waals surface area contributed by atoms with Crippen molar-refractivity contribution < 1.29 is 4.74 Å². The Kier molecular flexibility index (Phi) is 3.48. The zero-order chi connectivity index (χ0) is 14.8. The molecule has 5 nitrogen and oxygen atoms in total. The molecule has 2 aromatic heterocycles. The van der Waals surface area contributed by atoms with Crippen molar-refractivity contribution in [3.05, 3.63) is 42.1 Å². The first-order chi connectivity index (χ1) is 10.2. The van der Waals surface area contributed by atoms with Gasteiger partial charge in [0, 0.05) is 11.8 Å². The van der Waals surface area contributed by atoms with Crippen molar-refractivity contribution in [3.8, 4) is 17.1 Å². The van der Waals surface area contributed by atoms with E-state index in [1.165, 1.54) is 0 Å². The molecular weight excluding hydrogens is 264 g/mol. The van der Waals surface area contributed by atoms with Gasteiger partial charge in [0.25, 0.3) is 0 Å². The van der Waals surface area contributed by atoms with E-state index in [-0.39, 0.29) is 0 Å². The third kappa shape index (κ3) is 2.67. The third-order valence-electron chi connectivity index (χ3n) is 3.22. The summed E-state index contributed by atoms with van der Waals surface area (Å²) >= 11 is 0. The standard InChI is InChI=1S/C16H18N4O/c1-3-8-21-14-5-4-12(10-13(14)17)16-18-15-9-11(2)6-7-20(15)19-16/h4-7,9-10H,3,8,17H2,1-2H3. The molecule has 2 heterocycles. The maximum Gasteiger partial charge on any atom is 0.182 e. The molecule has 0 aliphatic heterocycles. The second-order valence-corrected chi connectivity index (χ2v) is 5.04. The molecule has 0 unspecified atom stereocenters. The number of aryl methyl sites for hydroxylation is 1. The number of hydrogen-bond donors (Lipinski definition) is 1. The summed E-state index contributed by atoms with van der Waals surface area (Å²) in [5.74, 6) is 1.37. The lowest BCUT2D eigenvalue weighted by Gasteiger charge is -2.08. The normalized spacial score (nSPS) is 11.0. The molecule has 0 aliphatic carbocycles. The minimum absolute atomic E-state index is 0.607. The molecule has 0 radical (unpaired) electrons. The Balaban J connectivity index is 1.96. The highest BCUT2D eigenvalue weighted by atomic mass is 16.5. The van der Waals surface area contributed by atoms with E-state index >= 15 is 0 Å². The summed E-state index contributed by atoms with van der Waals surface area (Å²) in [5, 5.41) is 4.47. The zero-order valence-corrected chi connectivity index (χ0v) is 12.2. The second kappa shape index (κ2) is 5.44. The van der Waals surface area contributed by atoms with Crippen LogP contribution in [0.3, 0.4) is 0 Å². The average Bonchev–Trinajstić information content (AvgIpc) is 2.89. The summed E-state index contributed by atoms with van der Waals surface area (Å²) in [7, 11) is 0. The fourth-order valence-corrected chi connectivity index (χ4v) is 2.14. The van der Waals surface area contributed by atoms with Crippen LogP contribution in [0.5, 0.6) is 5.75 Å². The van der Waals surface area contributed by atoms with Crippen molar-refractivity contribution in [3.63, 3.8) is 0 Å². The number of benzene rings is 1. The predicted octanol–water partition coefficient (Wildman–Crippen LogP) is 3.08. The molecule has 3 rings (SSSR count). The number of nitrogen functional groups attached to an aromatic ring is 1. The Morgan fingerprint density at radius 2 is 2.10 bits per heavy atom. The lowest BCUT2D eigenvalue weighted by atomic mass is 10.2. The second-order valence-electron chi connectivity index (χ2n) is 5.04. The molecule has 2 N–H and O–H groups in total. The number of aromatic nitrogens is 3. The van der Waals surface area contributed by atoms with Crippen LogP contribution in [-0.2, 0) is 0 Å². The summed E-state index contributed by atoms with van der Waals surface area (Å²) in [6.45, 7) is 4.76. The quantitative estimate of drug-likeness (QED) is 0.747. The van der Waals surface area contributed by atoms with Crippen LogP contribution in [0, 0.1) is 6.92 Å². The lowest BCUT2D eigenvalue weighted by Crippen LogP contribution is -1.99. The summed E-state index contributed by atoms with van der Waals surface area (Å²) in [6, 6.07) is 9.66. The van der Waals surface area contributed by atoms with Gasteiger partial charge in [-0.15, -0.1) is 5.10 Å². The first-order valence-corrected chi connectivity index (χ1v) is 7.03. The molecule has 108 valence electrons. The lowest BCUT2D eigenvalue weighted by molar-refractivity contribution is 0.319. The van der Waals surface area contributed by atoms with Crippen molar-refractivity contribution in [2.24, 2.45) is 0 Å². The van der Waals surface area contributed by atoms with Gasteiger partial charge in [-0.1, -0.05) is 6.92 Å². The highest BCUT2D eigenvalue weighted by molar-refractivity contribution is 5.67. The van der Waals surface area contributed by atoms with Crippen molar-refractivity contribution in [1.82, 2.24) is 14.6 Å². The van der Waals surface area contributed by atoms with Gasteiger partial charge in [0.2, 0.25) is 0 Å². The van der Waals surface area contributed by atoms with Crippen molar-refractivity contribution >= 4 is 11.3 Å². The number of hydrogen-bond acceptors (Lipinski definition) is 4. The monoisotopic (exact) mass is 282 g/mol. The fraction of sp³-hybridized carbons (Fsp3) is 0.250. The Labute approximate surface area is 123 Å². The van der Waals surface area contributed by atoms with E-state index in [0.29, 0.717) is 23.9 Å². The fourth-order valence-electron chi connectivity index (χ4n) is 2.14. The molecule has 0 atom stereocenters. The summed E-state index contributed by atoms with van der Waals surface area (Å²) in [6.07, 6.45) is 2.86. The van der Waals surface area contributed by atoms with Crippen LogP contribution in [-0.4, -0.2) is 21.2 Å². The maximum atomic E-state index is 6.03. The molecule has 5 heteroatoms. The highest BCUT2D eigenvalue weighted by Gasteiger charge is 2.09. The van der Waals surface area contributed by atoms with Crippen LogP contribution in [0.4, 0.5) is 5.69 Å². The van der Waals surface area contributed by atoms with Crippen molar-refractivity contribution in [1.29, 1.82) is 0 Å². The maximum absolute atomic E-state index is 6.03. The average molecular weight is 282 g/mol. The summed E-state index contributed by atoms with van der Waals surface area (Å²) < 4.78 is 7.34. The van der Waals surface area contributed by atoms with Gasteiger partial charge in [-0.25, -0.2) is 9.50 Å². The first-order valence-electron chi connectivity index (χ1n) is 7.03. The molecule has 0 saturated carbocycles. The van der Waals surface area contributed by atoms with Gasteiger partial charge in [0.15, 0.2) is 11.5 Å². The van der Waals surface area contributed by atoms with Gasteiger partial charge in [-0.3, -0.25) is 0 Å². The zero-order valence-electron chi connectivity index (χ0n) is 12.2. The Morgan fingerprint density at radius 3 is 2.86 bits per heavy atom. The SMILES string of the molecule is CCCOc1ccc(-c2nc3cc(C)ccn3n2)cc1N. The van der Waals surface area contributed by atoms with Crippen LogP contribution >= 0.6 is 0 Å². The molecule has 0 bridgehead atoms. The minimum atomic E-state index is 0.607. The molecule has 21 heavy (non-hydrogen) atoms. The predicted molar refractivity (Wildman–Crippen MR) is 83.4 cm³/mol. The van der Waals surface area contributed by atoms with E-state index in [2.05, 4.69) is 17.0 Å². The largest absolute Gasteiger partial charge is 0.491 e. The topological polar surface area (TPSA) is 65.4 Å². The molecule has 3 aromatic rings. The molecule has 1 aromatic carbocycles. The van der Waals surface area contributed by atoms with Crippen LogP contribution in [0.15, 0.2) is 36.5 Å². The molecule has 0 spiro atoms. The molecule has 0 fully saturated rings. The van der Waals surface area contributed by atoms with Crippen LogP contribution in [0.2, 0.25) is 0 Å². The van der Waals surface area contributed by atoms with E-state index in [9.17, 15) is 0 Å². The van der Waals surface area contributed by atoms with Crippen molar-refractivity contribution in [2.45, 2.75) is 20.3 Å². The molecule has 0 amide bonds. The number of fused-ring (bicyclic) bond motifs is 1. The van der Waals surface area contributed by atoms with E-state index in [1.807, 2.05) is 43.5 Å². The number of pyridine rings is 1. The highest BCUT2D eigenvalue weighted by Crippen LogP contribution is 2.27. The number of nitrogens with zero attached hydrogens (tertiary/aromatic N) is 3. The van der Waals surface area contributed by atoms with Gasteiger partial charge in [0.1, 0.15) is 5.75 Å². The van der Waals surface area contributed by atoms with E-state index in [1.54, 1.807) is 4.52 Å². The number of anilines is 1. The Hall–Kier alpha value is -2.56. The number of ether oxygens (including phenoxy) is 1. The van der Waals surface area contributed by atoms with Crippen molar-refractivity contribution in [2.75, 3.05) is 12.3 Å². The van der Waals surface area contributed by atoms with Gasteiger partial charge >= 0.3 is 0 Å². The van der Waals surface area contributed by atoms with E-state index in [0.717, 1.165) is 23.2 Å². The Morgan fingerprint density at radius 1 is 1.24 bits per heavy atom. The number of rotatable bonds is 4. The van der Waals surface area contributed by atoms with Gasteiger partial charge < -0.3 is 10.5 Å². The summed E-state index contributed by atoms with van der Waals surface area (Å²) in [5.41, 5.74) is 9.51. The first kappa shape index (κ1) is 13.4. The van der Waals surface area contributed by atoms with E-state index < -0.39 is 0 Å². The van der Waals surface area contributed by atoms with Crippen LogP contribution in [0.1, 0.15) is 18.9 Å². The molecule has 0 aliphatic rings. The van der Waals surface area contributed by atoms with Gasteiger partial charge in [-0.2, -0.15) is 0 Å². The molecular formula is C16H18N4O. The Bertz CT molecular complexity index is 779. The van der Waals surface area contributed by atoms with E-state index in [4.69, 9.17) is 10.5 Å².